The highest BCUT2D eigenvalue weighted by atomic mass is 32.1. The predicted molar refractivity (Wildman–Crippen MR) is 76.8 cm³/mol. The fourth-order valence-electron chi connectivity index (χ4n) is 2.35. The van der Waals surface area contributed by atoms with Crippen LogP contribution < -0.4 is 15.4 Å². The van der Waals surface area contributed by atoms with Crippen LogP contribution in [0.5, 0.6) is 5.75 Å². The normalized spacial score (nSPS) is 16.1. The molecule has 1 aromatic rings. The Morgan fingerprint density at radius 3 is 2.79 bits per heavy atom. The lowest BCUT2D eigenvalue weighted by atomic mass is 10.00. The maximum atomic E-state index is 9.04. The zero-order valence-corrected chi connectivity index (χ0v) is 12.1. The van der Waals surface area contributed by atoms with Crippen LogP contribution >= 0.6 is 11.3 Å². The molecule has 104 valence electrons. The largest absolute Gasteiger partial charge is 0.492 e. The predicted octanol–water partition coefficient (Wildman–Crippen LogP) is 2.07. The molecule has 1 saturated heterocycles. The van der Waals surface area contributed by atoms with Gasteiger partial charge in [0.15, 0.2) is 5.75 Å². The van der Waals surface area contributed by atoms with Crippen molar-refractivity contribution in [3.8, 4) is 11.8 Å². The number of hydrogen-bond donors (Lipinski definition) is 1. The number of nitriles is 1. The Balaban J connectivity index is 2.14. The van der Waals surface area contributed by atoms with Crippen LogP contribution in [0.15, 0.2) is 0 Å². The summed E-state index contributed by atoms with van der Waals surface area (Å²) in [6.07, 6.45) is 2.16. The molecule has 0 bridgehead atoms. The molecule has 2 N–H and O–H groups in total. The maximum absolute atomic E-state index is 9.04. The Hall–Kier alpha value is -1.45. The molecule has 1 aliphatic rings. The lowest BCUT2D eigenvalue weighted by molar-refractivity contribution is 0.0685. The number of nitrogens with two attached hydrogens (primary N) is 1. The van der Waals surface area contributed by atoms with Crippen LogP contribution in [0.3, 0.4) is 0 Å². The Morgan fingerprint density at radius 2 is 2.21 bits per heavy atom. The van der Waals surface area contributed by atoms with Crippen LogP contribution in [0.2, 0.25) is 0 Å². The molecule has 1 aliphatic heterocycles. The molecule has 0 radical (unpaired) electrons. The summed E-state index contributed by atoms with van der Waals surface area (Å²) in [7, 11) is 3.61. The third-order valence-corrected chi connectivity index (χ3v) is 4.61. The molecule has 5 nitrogen and oxygen atoms in total. The summed E-state index contributed by atoms with van der Waals surface area (Å²) in [4.78, 5) is 2.65. The number of ether oxygens (including phenoxy) is 2. The number of thiophene rings is 1. The van der Waals surface area contributed by atoms with E-state index < -0.39 is 0 Å². The van der Waals surface area contributed by atoms with Crippen molar-refractivity contribution in [3.05, 3.63) is 4.88 Å². The minimum atomic E-state index is 0.448. The molecule has 1 aromatic heterocycles. The number of rotatable bonds is 4. The van der Waals surface area contributed by atoms with Gasteiger partial charge < -0.3 is 20.1 Å². The molecule has 0 aromatic carbocycles. The van der Waals surface area contributed by atoms with Crippen molar-refractivity contribution in [1.29, 1.82) is 5.26 Å². The molecular weight excluding hydrogens is 262 g/mol. The van der Waals surface area contributed by atoms with Crippen LogP contribution in [0.1, 0.15) is 17.7 Å². The van der Waals surface area contributed by atoms with Gasteiger partial charge in [0.05, 0.1) is 7.11 Å². The van der Waals surface area contributed by atoms with E-state index in [0.29, 0.717) is 22.2 Å². The van der Waals surface area contributed by atoms with Crippen LogP contribution in [0, 0.1) is 17.2 Å². The van der Waals surface area contributed by atoms with Crippen molar-refractivity contribution in [2.24, 2.45) is 5.92 Å². The average Bonchev–Trinajstić information content (AvgIpc) is 2.76. The second kappa shape index (κ2) is 6.13. The highest BCUT2D eigenvalue weighted by Crippen LogP contribution is 2.44. The van der Waals surface area contributed by atoms with Crippen molar-refractivity contribution in [3.63, 3.8) is 0 Å². The second-order valence-corrected chi connectivity index (χ2v) is 5.73. The maximum Gasteiger partial charge on any atom is 0.177 e. The molecule has 1 fully saturated rings. The van der Waals surface area contributed by atoms with E-state index in [1.54, 1.807) is 7.11 Å². The summed E-state index contributed by atoms with van der Waals surface area (Å²) >= 11 is 1.39. The van der Waals surface area contributed by atoms with Gasteiger partial charge in [0.2, 0.25) is 0 Å². The van der Waals surface area contributed by atoms with Crippen LogP contribution in [-0.4, -0.2) is 33.9 Å². The summed E-state index contributed by atoms with van der Waals surface area (Å²) in [5.41, 5.74) is 6.36. The zero-order chi connectivity index (χ0) is 13.8. The van der Waals surface area contributed by atoms with E-state index in [9.17, 15) is 0 Å². The molecule has 0 amide bonds. The SMILES string of the molecule is COc1c(N(C)CC2CCOCC2)sc(C#N)c1N. The second-order valence-electron chi connectivity index (χ2n) is 4.73. The Bertz CT molecular complexity index is 475. The van der Waals surface area contributed by atoms with Crippen LogP contribution in [0.25, 0.3) is 0 Å². The highest BCUT2D eigenvalue weighted by molar-refractivity contribution is 7.17. The molecule has 2 rings (SSSR count). The topological polar surface area (TPSA) is 71.5 Å². The lowest BCUT2D eigenvalue weighted by Crippen LogP contribution is -2.29. The fraction of sp³-hybridized carbons (Fsp3) is 0.615. The van der Waals surface area contributed by atoms with Gasteiger partial charge in [0.1, 0.15) is 21.6 Å². The first-order chi connectivity index (χ1) is 9.17. The van der Waals surface area contributed by atoms with Crippen molar-refractivity contribution in [2.45, 2.75) is 12.8 Å². The minimum absolute atomic E-state index is 0.448. The van der Waals surface area contributed by atoms with Crippen molar-refractivity contribution in [1.82, 2.24) is 0 Å². The van der Waals surface area contributed by atoms with E-state index in [1.165, 1.54) is 11.3 Å². The first-order valence-corrected chi connectivity index (χ1v) is 7.14. The number of anilines is 2. The van der Waals surface area contributed by atoms with E-state index in [2.05, 4.69) is 11.0 Å². The lowest BCUT2D eigenvalue weighted by Gasteiger charge is -2.27. The summed E-state index contributed by atoms with van der Waals surface area (Å²) < 4.78 is 10.7. The average molecular weight is 281 g/mol. The van der Waals surface area contributed by atoms with E-state index in [4.69, 9.17) is 20.5 Å². The van der Waals surface area contributed by atoms with Crippen molar-refractivity contribution < 1.29 is 9.47 Å². The van der Waals surface area contributed by atoms with E-state index in [0.717, 1.165) is 37.6 Å². The van der Waals surface area contributed by atoms with Gasteiger partial charge in [-0.25, -0.2) is 0 Å². The van der Waals surface area contributed by atoms with E-state index >= 15 is 0 Å². The first kappa shape index (κ1) is 14.0. The summed E-state index contributed by atoms with van der Waals surface area (Å²) in [5, 5.41) is 9.98. The van der Waals surface area contributed by atoms with Gasteiger partial charge in [0, 0.05) is 26.8 Å². The summed E-state index contributed by atoms with van der Waals surface area (Å²) in [6.45, 7) is 2.61. The third kappa shape index (κ3) is 2.94. The number of methoxy groups -OCH3 is 1. The van der Waals surface area contributed by atoms with Gasteiger partial charge in [-0.2, -0.15) is 5.26 Å². The molecule has 0 aliphatic carbocycles. The molecule has 0 unspecified atom stereocenters. The summed E-state index contributed by atoms with van der Waals surface area (Å²) in [5.74, 6) is 1.24. The molecule has 0 atom stereocenters. The molecule has 6 heteroatoms. The van der Waals surface area contributed by atoms with Crippen molar-refractivity contribution in [2.75, 3.05) is 44.5 Å². The van der Waals surface area contributed by atoms with Crippen LogP contribution in [-0.2, 0) is 4.74 Å². The Morgan fingerprint density at radius 1 is 1.53 bits per heavy atom. The fourth-order valence-corrected chi connectivity index (χ4v) is 3.31. The molecule has 0 spiro atoms. The van der Waals surface area contributed by atoms with Gasteiger partial charge in [-0.1, -0.05) is 0 Å². The number of hydrogen-bond acceptors (Lipinski definition) is 6. The van der Waals surface area contributed by atoms with Gasteiger partial charge in [-0.15, -0.1) is 11.3 Å². The van der Waals surface area contributed by atoms with Gasteiger partial charge in [-0.3, -0.25) is 0 Å². The standard InChI is InChI=1S/C13H19N3O2S/c1-16(8-9-3-5-18-6-4-9)13-12(17-2)11(15)10(7-14)19-13/h9H,3-6,8,15H2,1-2H3. The van der Waals surface area contributed by atoms with Gasteiger partial charge >= 0.3 is 0 Å². The molecule has 0 saturated carbocycles. The zero-order valence-electron chi connectivity index (χ0n) is 11.3. The number of nitrogens with zero attached hydrogens (tertiary/aromatic N) is 2. The van der Waals surface area contributed by atoms with E-state index in [1.807, 2.05) is 7.05 Å². The molecular formula is C13H19N3O2S. The van der Waals surface area contributed by atoms with Gasteiger partial charge in [0.25, 0.3) is 0 Å². The Labute approximate surface area is 117 Å². The third-order valence-electron chi connectivity index (χ3n) is 3.41. The quantitative estimate of drug-likeness (QED) is 0.914. The number of nitrogen functional groups attached to an aromatic ring is 1. The molecule has 19 heavy (non-hydrogen) atoms. The smallest absolute Gasteiger partial charge is 0.177 e. The molecule has 2 heterocycles. The summed E-state index contributed by atoms with van der Waals surface area (Å²) in [6, 6.07) is 2.12. The Kier molecular flexibility index (Phi) is 4.51. The van der Waals surface area contributed by atoms with Crippen LogP contribution in [0.4, 0.5) is 10.7 Å². The van der Waals surface area contributed by atoms with E-state index in [-0.39, 0.29) is 0 Å². The monoisotopic (exact) mass is 281 g/mol. The van der Waals surface area contributed by atoms with Gasteiger partial charge in [-0.05, 0) is 18.8 Å². The van der Waals surface area contributed by atoms with Crippen molar-refractivity contribution >= 4 is 22.0 Å². The first-order valence-electron chi connectivity index (χ1n) is 6.32. The minimum Gasteiger partial charge on any atom is -0.492 e. The highest BCUT2D eigenvalue weighted by Gasteiger charge is 2.22.